The lowest BCUT2D eigenvalue weighted by Crippen LogP contribution is -2.34. The van der Waals surface area contributed by atoms with Crippen LogP contribution in [0.4, 0.5) is 0 Å². The fourth-order valence-corrected chi connectivity index (χ4v) is 4.27. The van der Waals surface area contributed by atoms with Crippen molar-refractivity contribution in [3.05, 3.63) is 77.4 Å². The van der Waals surface area contributed by atoms with Crippen molar-refractivity contribution >= 4 is 11.8 Å². The van der Waals surface area contributed by atoms with Crippen LogP contribution in [0.15, 0.2) is 48.9 Å². The molecule has 0 bridgehead atoms. The minimum absolute atomic E-state index is 0.0309. The first-order chi connectivity index (χ1) is 15.9. The van der Waals surface area contributed by atoms with Gasteiger partial charge in [0.1, 0.15) is 12.4 Å². The van der Waals surface area contributed by atoms with Gasteiger partial charge in [0.25, 0.3) is 5.91 Å². The number of aryl methyl sites for hydroxylation is 1. The van der Waals surface area contributed by atoms with Crippen molar-refractivity contribution in [3.63, 3.8) is 0 Å². The lowest BCUT2D eigenvalue weighted by molar-refractivity contribution is -0.133. The van der Waals surface area contributed by atoms with Gasteiger partial charge in [-0.05, 0) is 25.3 Å². The van der Waals surface area contributed by atoms with Gasteiger partial charge in [-0.2, -0.15) is 0 Å². The molecule has 0 spiro atoms. The highest BCUT2D eigenvalue weighted by Crippen LogP contribution is 2.30. The molecule has 1 saturated heterocycles. The van der Waals surface area contributed by atoms with Crippen molar-refractivity contribution in [2.24, 2.45) is 0 Å². The van der Waals surface area contributed by atoms with E-state index in [0.29, 0.717) is 30.2 Å². The number of amides is 2. The first-order valence-electron chi connectivity index (χ1n) is 11.4. The number of carbonyl (C=O) groups excluding carboxylic acids is 2. The van der Waals surface area contributed by atoms with E-state index in [-0.39, 0.29) is 30.3 Å². The first-order valence-corrected chi connectivity index (χ1v) is 11.4. The van der Waals surface area contributed by atoms with Crippen LogP contribution in [-0.4, -0.2) is 42.8 Å². The summed E-state index contributed by atoms with van der Waals surface area (Å²) in [6, 6.07) is 9.57. The summed E-state index contributed by atoms with van der Waals surface area (Å²) >= 11 is 0. The van der Waals surface area contributed by atoms with E-state index in [0.717, 1.165) is 24.2 Å². The van der Waals surface area contributed by atoms with Gasteiger partial charge in [-0.15, -0.1) is 0 Å². The van der Waals surface area contributed by atoms with Crippen LogP contribution >= 0.6 is 0 Å². The van der Waals surface area contributed by atoms with Crippen LogP contribution in [0.5, 0.6) is 0 Å². The van der Waals surface area contributed by atoms with Crippen molar-refractivity contribution < 1.29 is 9.59 Å². The van der Waals surface area contributed by atoms with Crippen LogP contribution in [-0.2, 0) is 17.9 Å². The van der Waals surface area contributed by atoms with Crippen molar-refractivity contribution in [2.45, 2.75) is 58.7 Å². The Labute approximate surface area is 194 Å². The lowest BCUT2D eigenvalue weighted by Gasteiger charge is -2.25. The zero-order valence-electron chi connectivity index (χ0n) is 19.4. The summed E-state index contributed by atoms with van der Waals surface area (Å²) in [6.45, 7) is 7.31. The van der Waals surface area contributed by atoms with Crippen molar-refractivity contribution in [3.8, 4) is 0 Å². The molecule has 1 atom stereocenters. The van der Waals surface area contributed by atoms with E-state index < -0.39 is 0 Å². The maximum Gasteiger partial charge on any atom is 0.254 e. The molecule has 1 fully saturated rings. The molecule has 0 aliphatic carbocycles. The number of benzene rings is 1. The molecule has 33 heavy (non-hydrogen) atoms. The largest absolute Gasteiger partial charge is 0.348 e. The molecular formula is C25H30N6O2. The summed E-state index contributed by atoms with van der Waals surface area (Å²) in [5.74, 6) is 1.56. The maximum absolute atomic E-state index is 13.1. The molecule has 172 valence electrons. The third-order valence-corrected chi connectivity index (χ3v) is 5.98. The summed E-state index contributed by atoms with van der Waals surface area (Å²) < 4.78 is 1.91. The van der Waals surface area contributed by atoms with Crippen LogP contribution in [0.3, 0.4) is 0 Å². The molecule has 1 aliphatic heterocycles. The summed E-state index contributed by atoms with van der Waals surface area (Å²) in [7, 11) is 0. The van der Waals surface area contributed by atoms with E-state index in [2.05, 4.69) is 34.1 Å². The molecule has 2 amide bonds. The number of nitrogens with one attached hydrogen (secondary N) is 1. The van der Waals surface area contributed by atoms with Crippen molar-refractivity contribution in [1.29, 1.82) is 0 Å². The van der Waals surface area contributed by atoms with Crippen molar-refractivity contribution in [1.82, 2.24) is 29.7 Å². The molecule has 8 nitrogen and oxygen atoms in total. The zero-order chi connectivity index (χ0) is 23.4. The van der Waals surface area contributed by atoms with Gasteiger partial charge in [0.15, 0.2) is 5.82 Å². The number of nitrogens with zero attached hydrogens (tertiary/aromatic N) is 5. The van der Waals surface area contributed by atoms with Crippen LogP contribution in [0.2, 0.25) is 0 Å². The second-order valence-electron chi connectivity index (χ2n) is 8.71. The Morgan fingerprint density at radius 2 is 1.97 bits per heavy atom. The van der Waals surface area contributed by atoms with Gasteiger partial charge in [-0.3, -0.25) is 9.59 Å². The summed E-state index contributed by atoms with van der Waals surface area (Å²) in [4.78, 5) is 41.1. The molecule has 1 aliphatic rings. The molecular weight excluding hydrogens is 416 g/mol. The van der Waals surface area contributed by atoms with E-state index in [4.69, 9.17) is 0 Å². The fourth-order valence-electron chi connectivity index (χ4n) is 4.27. The summed E-state index contributed by atoms with van der Waals surface area (Å²) in [5, 5.41) is 2.92. The molecule has 8 heteroatoms. The van der Waals surface area contributed by atoms with Crippen LogP contribution in [0, 0.1) is 6.92 Å². The highest BCUT2D eigenvalue weighted by atomic mass is 16.2. The average Bonchev–Trinajstić information content (AvgIpc) is 3.48. The predicted molar refractivity (Wildman–Crippen MR) is 124 cm³/mol. The Morgan fingerprint density at radius 3 is 2.70 bits per heavy atom. The molecule has 0 radical (unpaired) electrons. The van der Waals surface area contributed by atoms with E-state index in [1.807, 2.05) is 52.9 Å². The second-order valence-corrected chi connectivity index (χ2v) is 8.71. The van der Waals surface area contributed by atoms with Gasteiger partial charge >= 0.3 is 0 Å². The molecule has 0 unspecified atom stereocenters. The number of imidazole rings is 1. The molecule has 3 aromatic rings. The first kappa shape index (κ1) is 22.6. The Balaban J connectivity index is 1.44. The highest BCUT2D eigenvalue weighted by molar-refractivity contribution is 5.94. The van der Waals surface area contributed by atoms with E-state index in [1.165, 1.54) is 0 Å². The number of carbonyl (C=O) groups is 2. The molecule has 4 rings (SSSR count). The Kier molecular flexibility index (Phi) is 6.82. The number of rotatable bonds is 7. The molecule has 0 saturated carbocycles. The summed E-state index contributed by atoms with van der Waals surface area (Å²) in [5.41, 5.74) is 2.09. The number of aromatic nitrogens is 4. The number of hydrogen-bond donors (Lipinski definition) is 1. The number of likely N-dealkylation sites (tertiary alicyclic amines) is 1. The monoisotopic (exact) mass is 446 g/mol. The Morgan fingerprint density at radius 1 is 1.18 bits per heavy atom. The van der Waals surface area contributed by atoms with Gasteiger partial charge in [0.2, 0.25) is 5.91 Å². The standard InChI is InChI=1S/C25H30N6O2/c1-17(2)24-26-11-13-30(24)16-22(32)31-12-7-10-21(31)23-27-15-20(18(3)29-23)25(33)28-14-19-8-5-4-6-9-19/h4-6,8-9,11,13,15,17,21H,7,10,12,14,16H2,1-3H3,(H,28,33)/t21-/m0/s1. The smallest absolute Gasteiger partial charge is 0.254 e. The minimum Gasteiger partial charge on any atom is -0.348 e. The molecule has 1 aromatic carbocycles. The lowest BCUT2D eigenvalue weighted by atomic mass is 10.1. The van der Waals surface area contributed by atoms with E-state index >= 15 is 0 Å². The second kappa shape index (κ2) is 9.94. The van der Waals surface area contributed by atoms with Crippen LogP contribution in [0.25, 0.3) is 0 Å². The predicted octanol–water partition coefficient (Wildman–Crippen LogP) is 3.40. The quantitative estimate of drug-likeness (QED) is 0.600. The van der Waals surface area contributed by atoms with Crippen LogP contribution in [0.1, 0.15) is 71.9 Å². The van der Waals surface area contributed by atoms with Gasteiger partial charge in [0.05, 0.1) is 17.3 Å². The third kappa shape index (κ3) is 5.10. The summed E-state index contributed by atoms with van der Waals surface area (Å²) in [6.07, 6.45) is 6.87. The topological polar surface area (TPSA) is 93.0 Å². The van der Waals surface area contributed by atoms with Crippen LogP contribution < -0.4 is 5.32 Å². The normalized spacial score (nSPS) is 15.8. The molecule has 3 heterocycles. The van der Waals surface area contributed by atoms with Crippen molar-refractivity contribution in [2.75, 3.05) is 6.54 Å². The SMILES string of the molecule is Cc1nc([C@@H]2CCCN2C(=O)Cn2ccnc2C(C)C)ncc1C(=O)NCc1ccccc1. The fraction of sp³-hybridized carbons (Fsp3) is 0.400. The zero-order valence-corrected chi connectivity index (χ0v) is 19.4. The minimum atomic E-state index is -0.205. The highest BCUT2D eigenvalue weighted by Gasteiger charge is 2.32. The Hall–Kier alpha value is -3.55. The van der Waals surface area contributed by atoms with Gasteiger partial charge < -0.3 is 14.8 Å². The van der Waals surface area contributed by atoms with Gasteiger partial charge in [0, 0.05) is 37.6 Å². The van der Waals surface area contributed by atoms with E-state index in [1.54, 1.807) is 12.4 Å². The molecule has 1 N–H and O–H groups in total. The average molecular weight is 447 g/mol. The van der Waals surface area contributed by atoms with Gasteiger partial charge in [-0.25, -0.2) is 15.0 Å². The van der Waals surface area contributed by atoms with E-state index in [9.17, 15) is 9.59 Å². The van der Waals surface area contributed by atoms with Gasteiger partial charge in [-0.1, -0.05) is 44.2 Å². The third-order valence-electron chi connectivity index (χ3n) is 5.98. The Bertz CT molecular complexity index is 1120. The maximum atomic E-state index is 13.1. The number of hydrogen-bond acceptors (Lipinski definition) is 5. The molecule has 2 aromatic heterocycles.